The first-order valence-corrected chi connectivity index (χ1v) is 32.3. The van der Waals surface area contributed by atoms with Crippen LogP contribution in [-0.4, -0.2) is 169 Å². The maximum atomic E-state index is 15.0. The molecule has 27 heteroatoms. The molecule has 0 radical (unpaired) electrons. The minimum absolute atomic E-state index is 0.00411. The second-order valence-corrected chi connectivity index (χ2v) is 25.9. The Morgan fingerprint density at radius 2 is 1.51 bits per heavy atom. The number of halogens is 1. The standard InChI is InChI=1S/C61H80ClN11O13S2/c1-34(2)23-45(67-54(79)44(16-18-52(76)77)66-59(84)50-27-41(74)29-73(50)51(75)17-13-37-28-64-43-15-14-38(62)26-42(37)43)55(80)70-49-33-88-31-40-12-8-11-39(65-40)30-87-32-48(53(63)78)69-57(82)47(25-36-9-6-5-7-10-36)68-56(81)46(24-35(3)4)71-60(85)61(72-58(49)83)19-21-86-22-20-61/h5-12,14-15,26,28,34-35,41,44-50,64,74H,13,16-25,27,29-33H2,1-4H3,(H2,63,78)(H,66,84)(H,67,79)(H,68,81)(H,69,82)(H,70,80)(H,71,85)(H,72,83)(H,76,77)/t41-,44+,45-,46+,47+,48+,49+,50+/m1/s1. The minimum atomic E-state index is -1.69. The normalized spacial score (nSPS) is 22.2. The number of carbonyl (C=O) groups excluding carboxylic acids is 9. The molecule has 2 bridgehead atoms. The van der Waals surface area contributed by atoms with Crippen LogP contribution in [0.3, 0.4) is 0 Å². The smallest absolute Gasteiger partial charge is 0.303 e. The molecule has 7 rings (SSSR count). The molecule has 2 fully saturated rings. The van der Waals surface area contributed by atoms with E-state index in [1.54, 1.807) is 80.7 Å². The average molecular weight is 1270 g/mol. The van der Waals surface area contributed by atoms with Crippen LogP contribution in [0, 0.1) is 11.8 Å². The van der Waals surface area contributed by atoms with Crippen LogP contribution in [0.5, 0.6) is 0 Å². The summed E-state index contributed by atoms with van der Waals surface area (Å²) in [6, 6.07) is 10.5. The fraction of sp³-hybridized carbons (Fsp3) is 0.525. The molecule has 2 saturated heterocycles. The SMILES string of the molecule is CC(C)C[C@@H]1NC(=O)C2(CCOCC2)NC(=O)[C@@H](NC(=O)[C@@H](CC(C)C)NC(=O)[C@H](CCC(=O)O)NC(=O)[C@@H]2C[C@@H](O)CN2C(=O)CCc2c[nH]c3ccc(Cl)cc23)CSCc2cccc(n2)CSC[C@@H](C(N)=O)NC(=O)[C@H](Cc2ccccc2)NC1=O. The summed E-state index contributed by atoms with van der Waals surface area (Å²) in [6.07, 6.45) is -0.186. The van der Waals surface area contributed by atoms with E-state index in [-0.39, 0.29) is 100 Å². The Kier molecular flexibility index (Phi) is 25.0. The molecule has 476 valence electrons. The van der Waals surface area contributed by atoms with Crippen LogP contribution in [0.15, 0.2) is 72.9 Å². The molecule has 24 nitrogen and oxygen atoms in total. The van der Waals surface area contributed by atoms with Gasteiger partial charge in [0.05, 0.1) is 17.5 Å². The summed E-state index contributed by atoms with van der Waals surface area (Å²) >= 11 is 8.77. The maximum Gasteiger partial charge on any atom is 0.303 e. The number of amides is 9. The quantitative estimate of drug-likeness (QED) is 0.0643. The first-order valence-electron chi connectivity index (χ1n) is 29.6. The predicted molar refractivity (Wildman–Crippen MR) is 332 cm³/mol. The van der Waals surface area contributed by atoms with Crippen molar-refractivity contribution in [2.75, 3.05) is 31.3 Å². The van der Waals surface area contributed by atoms with Gasteiger partial charge in [0.25, 0.3) is 0 Å². The monoisotopic (exact) mass is 1270 g/mol. The number of aliphatic carboxylic acids is 1. The lowest BCUT2D eigenvalue weighted by Crippen LogP contribution is -2.67. The fourth-order valence-electron chi connectivity index (χ4n) is 10.8. The number of aromatic amines is 1. The summed E-state index contributed by atoms with van der Waals surface area (Å²) in [5.74, 6) is -7.89. The van der Waals surface area contributed by atoms with Gasteiger partial charge in [0.2, 0.25) is 53.2 Å². The third-order valence-electron chi connectivity index (χ3n) is 15.5. The van der Waals surface area contributed by atoms with Gasteiger partial charge < -0.3 is 67.8 Å². The lowest BCUT2D eigenvalue weighted by molar-refractivity contribution is -0.141. The third-order valence-corrected chi connectivity index (χ3v) is 17.8. The van der Waals surface area contributed by atoms with Crippen molar-refractivity contribution in [2.24, 2.45) is 17.6 Å². The molecule has 5 heterocycles. The van der Waals surface area contributed by atoms with Gasteiger partial charge in [-0.15, -0.1) is 0 Å². The number of nitrogens with one attached hydrogen (secondary N) is 8. The zero-order valence-corrected chi connectivity index (χ0v) is 52.2. The van der Waals surface area contributed by atoms with E-state index in [0.29, 0.717) is 27.7 Å². The molecule has 88 heavy (non-hydrogen) atoms. The summed E-state index contributed by atoms with van der Waals surface area (Å²) in [7, 11) is 0. The number of β-amino-alcohol motifs (C(OH)–C–C–N with tert-alkyl or cyclic N) is 1. The second-order valence-electron chi connectivity index (χ2n) is 23.4. The van der Waals surface area contributed by atoms with Gasteiger partial charge in [-0.2, -0.15) is 23.5 Å². The molecule has 2 aromatic heterocycles. The van der Waals surface area contributed by atoms with E-state index >= 15 is 4.79 Å². The number of nitrogens with two attached hydrogens (primary N) is 1. The van der Waals surface area contributed by atoms with Gasteiger partial charge in [0.1, 0.15) is 47.8 Å². The molecule has 12 N–H and O–H groups in total. The fourth-order valence-corrected chi connectivity index (χ4v) is 12.9. The number of ether oxygens (including phenoxy) is 1. The van der Waals surface area contributed by atoms with Gasteiger partial charge in [-0.3, -0.25) is 52.9 Å². The highest BCUT2D eigenvalue weighted by molar-refractivity contribution is 7.98. The Morgan fingerprint density at radius 3 is 2.18 bits per heavy atom. The summed E-state index contributed by atoms with van der Waals surface area (Å²) in [5, 5.41) is 41.3. The number of thioether (sulfide) groups is 2. The van der Waals surface area contributed by atoms with E-state index in [2.05, 4.69) is 42.2 Å². The van der Waals surface area contributed by atoms with Crippen molar-refractivity contribution in [1.82, 2.24) is 52.1 Å². The van der Waals surface area contributed by atoms with Crippen LogP contribution >= 0.6 is 35.1 Å². The van der Waals surface area contributed by atoms with E-state index in [9.17, 15) is 53.4 Å². The number of primary amides is 1. The van der Waals surface area contributed by atoms with Crippen molar-refractivity contribution in [1.29, 1.82) is 0 Å². The molecule has 3 aliphatic heterocycles. The van der Waals surface area contributed by atoms with Crippen LogP contribution in [-0.2, 0) is 77.0 Å². The first-order chi connectivity index (χ1) is 42.0. The van der Waals surface area contributed by atoms with Crippen molar-refractivity contribution in [3.63, 3.8) is 0 Å². The number of fused-ring (bicyclic) bond motifs is 3. The Bertz CT molecular complexity index is 3150. The van der Waals surface area contributed by atoms with Crippen LogP contribution in [0.4, 0.5) is 0 Å². The van der Waals surface area contributed by atoms with Crippen LogP contribution in [0.25, 0.3) is 10.9 Å². The van der Waals surface area contributed by atoms with Crippen molar-refractivity contribution in [2.45, 2.75) is 157 Å². The summed E-state index contributed by atoms with van der Waals surface area (Å²) in [4.78, 5) is 150. The minimum Gasteiger partial charge on any atom is -0.481 e. The lowest BCUT2D eigenvalue weighted by Gasteiger charge is -2.38. The Labute approximate surface area is 524 Å². The number of hydrogen-bond acceptors (Lipinski definition) is 15. The van der Waals surface area contributed by atoms with E-state index < -0.39 is 126 Å². The van der Waals surface area contributed by atoms with E-state index in [1.165, 1.54) is 28.4 Å². The van der Waals surface area contributed by atoms with Crippen LogP contribution in [0.1, 0.15) is 102 Å². The number of aliphatic hydroxyl groups is 1. The highest BCUT2D eigenvalue weighted by atomic mass is 35.5. The largest absolute Gasteiger partial charge is 0.481 e. The van der Waals surface area contributed by atoms with Crippen molar-refractivity contribution in [3.8, 4) is 0 Å². The lowest BCUT2D eigenvalue weighted by atomic mass is 9.87. The topological polar surface area (TPSA) is 363 Å². The van der Waals surface area contributed by atoms with E-state index in [4.69, 9.17) is 27.1 Å². The number of carbonyl (C=O) groups is 10. The molecular weight excluding hydrogens is 1190 g/mol. The number of aromatic nitrogens is 2. The Balaban J connectivity index is 1.13. The molecule has 3 aliphatic rings. The highest BCUT2D eigenvalue weighted by Crippen LogP contribution is 2.27. The zero-order chi connectivity index (χ0) is 63.7. The molecule has 0 unspecified atom stereocenters. The Hall–Kier alpha value is -7.26. The number of nitrogens with zero attached hydrogens (tertiary/aromatic N) is 2. The molecule has 2 aromatic carbocycles. The average Bonchev–Trinajstić information content (AvgIpc) is 4.01. The second kappa shape index (κ2) is 32.3. The molecule has 9 amide bonds. The third kappa shape index (κ3) is 19.6. The number of aryl methyl sites for hydroxylation is 1. The molecule has 1 spiro atoms. The highest BCUT2D eigenvalue weighted by Gasteiger charge is 2.45. The number of likely N-dealkylation sites (tertiary alicyclic amines) is 1. The van der Waals surface area contributed by atoms with Gasteiger partial charge in [0, 0.05) is 103 Å². The molecule has 8 atom stereocenters. The maximum absolute atomic E-state index is 15.0. The first kappa shape index (κ1) is 68.2. The van der Waals surface area contributed by atoms with Crippen molar-refractivity contribution >= 4 is 105 Å². The van der Waals surface area contributed by atoms with E-state index in [0.717, 1.165) is 16.5 Å². The Morgan fingerprint density at radius 1 is 0.818 bits per heavy atom. The van der Waals surface area contributed by atoms with Gasteiger partial charge in [-0.25, -0.2) is 0 Å². The summed E-state index contributed by atoms with van der Waals surface area (Å²) < 4.78 is 5.68. The number of carboxylic acids is 1. The number of benzene rings is 2. The summed E-state index contributed by atoms with van der Waals surface area (Å²) in [5.41, 5.74) is 7.68. The predicted octanol–water partition coefficient (Wildman–Crippen LogP) is 2.55. The number of carboxylic acid groups (broad SMARTS) is 1. The number of H-pyrrole nitrogens is 1. The molecule has 4 aromatic rings. The number of pyridine rings is 1. The number of rotatable bonds is 19. The van der Waals surface area contributed by atoms with Crippen molar-refractivity contribution < 1.29 is 62.9 Å². The zero-order valence-electron chi connectivity index (χ0n) is 49.8. The summed E-state index contributed by atoms with van der Waals surface area (Å²) in [6.45, 7) is 7.17. The van der Waals surface area contributed by atoms with Crippen LogP contribution in [0.2, 0.25) is 5.02 Å². The van der Waals surface area contributed by atoms with Gasteiger partial charge in [-0.05, 0) is 79.0 Å². The van der Waals surface area contributed by atoms with Crippen molar-refractivity contribution in [3.05, 3.63) is 100 Å². The number of aliphatic hydroxyl groups excluding tert-OH is 1. The van der Waals surface area contributed by atoms with Gasteiger partial charge in [0.15, 0.2) is 0 Å². The van der Waals surface area contributed by atoms with Gasteiger partial charge in [-0.1, -0.05) is 75.7 Å². The number of hydrogen-bond donors (Lipinski definition) is 11. The van der Waals surface area contributed by atoms with Crippen LogP contribution < -0.4 is 43.0 Å². The van der Waals surface area contributed by atoms with Gasteiger partial charge >= 0.3 is 5.97 Å². The molecule has 0 saturated carbocycles. The molecular formula is C61H80ClN11O13S2. The van der Waals surface area contributed by atoms with E-state index in [1.807, 2.05) is 19.9 Å². The molecule has 0 aliphatic carbocycles.